The van der Waals surface area contributed by atoms with E-state index in [1.54, 1.807) is 24.3 Å². The molecule has 19 heavy (non-hydrogen) atoms. The monoisotopic (exact) mass is 257 g/mol. The van der Waals surface area contributed by atoms with E-state index >= 15 is 0 Å². The SMILES string of the molecule is O=c1oc2ccccc2c(O)c1N=Nc1ccon1. The maximum Gasteiger partial charge on any atom is 0.368 e. The molecular formula is C12H7N3O4. The molecule has 0 amide bonds. The van der Waals surface area contributed by atoms with Crippen LogP contribution in [-0.2, 0) is 0 Å². The Balaban J connectivity index is 2.16. The smallest absolute Gasteiger partial charge is 0.368 e. The molecule has 0 aliphatic rings. The molecule has 1 aromatic carbocycles. The molecule has 0 aliphatic heterocycles. The number of fused-ring (bicyclic) bond motifs is 1. The molecule has 0 radical (unpaired) electrons. The molecule has 2 heterocycles. The molecule has 0 aliphatic carbocycles. The molecule has 3 rings (SSSR count). The van der Waals surface area contributed by atoms with Gasteiger partial charge in [-0.3, -0.25) is 0 Å². The van der Waals surface area contributed by atoms with Crippen molar-refractivity contribution in [2.24, 2.45) is 10.2 Å². The maximum atomic E-state index is 11.7. The zero-order chi connectivity index (χ0) is 13.2. The summed E-state index contributed by atoms with van der Waals surface area (Å²) >= 11 is 0. The van der Waals surface area contributed by atoms with E-state index in [2.05, 4.69) is 19.9 Å². The van der Waals surface area contributed by atoms with E-state index in [-0.39, 0.29) is 22.8 Å². The summed E-state index contributed by atoms with van der Waals surface area (Å²) in [5, 5.41) is 21.2. The van der Waals surface area contributed by atoms with Gasteiger partial charge in [0.25, 0.3) is 0 Å². The summed E-state index contributed by atoms with van der Waals surface area (Å²) in [7, 11) is 0. The number of benzene rings is 1. The average Bonchev–Trinajstić information content (AvgIpc) is 2.92. The summed E-state index contributed by atoms with van der Waals surface area (Å²) in [5.41, 5.74) is -0.768. The molecule has 0 unspecified atom stereocenters. The molecule has 0 atom stereocenters. The fourth-order valence-electron chi connectivity index (χ4n) is 1.57. The summed E-state index contributed by atoms with van der Waals surface area (Å²) in [5.74, 6) is -0.0916. The highest BCUT2D eigenvalue weighted by Gasteiger charge is 2.13. The minimum Gasteiger partial charge on any atom is -0.505 e. The lowest BCUT2D eigenvalue weighted by atomic mass is 10.2. The van der Waals surface area contributed by atoms with Crippen LogP contribution in [0.2, 0.25) is 0 Å². The molecule has 0 spiro atoms. The van der Waals surface area contributed by atoms with Gasteiger partial charge in [-0.05, 0) is 12.1 Å². The van der Waals surface area contributed by atoms with E-state index in [1.807, 2.05) is 0 Å². The third-order valence-corrected chi connectivity index (χ3v) is 2.44. The Kier molecular flexibility index (Phi) is 2.57. The second-order valence-electron chi connectivity index (χ2n) is 3.64. The van der Waals surface area contributed by atoms with Crippen LogP contribution >= 0.6 is 0 Å². The van der Waals surface area contributed by atoms with E-state index in [1.165, 1.54) is 12.3 Å². The Labute approximate surface area is 105 Å². The molecule has 7 nitrogen and oxygen atoms in total. The lowest BCUT2D eigenvalue weighted by Crippen LogP contribution is -1.98. The quantitative estimate of drug-likeness (QED) is 0.561. The first kappa shape index (κ1) is 11.1. The normalized spacial score (nSPS) is 11.4. The van der Waals surface area contributed by atoms with Crippen LogP contribution in [0.25, 0.3) is 11.0 Å². The number of nitrogens with zero attached hydrogens (tertiary/aromatic N) is 3. The van der Waals surface area contributed by atoms with Crippen molar-refractivity contribution in [1.82, 2.24) is 5.16 Å². The number of hydrogen-bond donors (Lipinski definition) is 1. The minimum atomic E-state index is -0.775. The van der Waals surface area contributed by atoms with Crippen LogP contribution in [0.1, 0.15) is 0 Å². The number of para-hydroxylation sites is 1. The molecule has 0 bridgehead atoms. The van der Waals surface area contributed by atoms with Crippen LogP contribution in [0, 0.1) is 0 Å². The van der Waals surface area contributed by atoms with Gasteiger partial charge in [0.05, 0.1) is 5.39 Å². The molecule has 0 fully saturated rings. The molecule has 94 valence electrons. The maximum absolute atomic E-state index is 11.7. The Morgan fingerprint density at radius 1 is 1.16 bits per heavy atom. The van der Waals surface area contributed by atoms with Crippen LogP contribution in [-0.4, -0.2) is 10.3 Å². The van der Waals surface area contributed by atoms with E-state index in [4.69, 9.17) is 4.42 Å². The predicted molar refractivity (Wildman–Crippen MR) is 64.8 cm³/mol. The molecule has 7 heteroatoms. The Bertz CT molecular complexity index is 805. The number of aromatic nitrogens is 1. The van der Waals surface area contributed by atoms with Crippen molar-refractivity contribution < 1.29 is 14.0 Å². The molecular weight excluding hydrogens is 250 g/mol. The van der Waals surface area contributed by atoms with Gasteiger partial charge < -0.3 is 14.0 Å². The third kappa shape index (κ3) is 1.97. The standard InChI is InChI=1S/C12H7N3O4/c16-11-7-3-1-2-4-8(7)19-12(17)10(11)14-13-9-5-6-18-15-9/h1-6,16H. The first-order chi connectivity index (χ1) is 9.25. The third-order valence-electron chi connectivity index (χ3n) is 2.44. The average molecular weight is 257 g/mol. The van der Waals surface area contributed by atoms with Gasteiger partial charge in [0.2, 0.25) is 11.5 Å². The van der Waals surface area contributed by atoms with Gasteiger partial charge in [0.1, 0.15) is 11.8 Å². The van der Waals surface area contributed by atoms with Gasteiger partial charge in [0, 0.05) is 6.07 Å². The van der Waals surface area contributed by atoms with Crippen LogP contribution in [0.4, 0.5) is 11.5 Å². The molecule has 0 saturated heterocycles. The molecule has 2 aromatic heterocycles. The number of aromatic hydroxyl groups is 1. The fourth-order valence-corrected chi connectivity index (χ4v) is 1.57. The van der Waals surface area contributed by atoms with Gasteiger partial charge in [-0.25, -0.2) is 4.79 Å². The van der Waals surface area contributed by atoms with Gasteiger partial charge in [-0.2, -0.15) is 0 Å². The van der Waals surface area contributed by atoms with Crippen LogP contribution in [0.3, 0.4) is 0 Å². The second kappa shape index (κ2) is 4.37. The van der Waals surface area contributed by atoms with Crippen molar-refractivity contribution in [1.29, 1.82) is 0 Å². The number of hydrogen-bond acceptors (Lipinski definition) is 7. The van der Waals surface area contributed by atoms with E-state index in [0.29, 0.717) is 5.39 Å². The zero-order valence-electron chi connectivity index (χ0n) is 9.48. The van der Waals surface area contributed by atoms with Crippen LogP contribution in [0.15, 0.2) is 60.6 Å². The molecule has 0 saturated carbocycles. The Morgan fingerprint density at radius 3 is 2.79 bits per heavy atom. The largest absolute Gasteiger partial charge is 0.505 e. The van der Waals surface area contributed by atoms with Crippen LogP contribution in [0.5, 0.6) is 5.75 Å². The highest BCUT2D eigenvalue weighted by Crippen LogP contribution is 2.31. The van der Waals surface area contributed by atoms with E-state index in [9.17, 15) is 9.90 Å². The Morgan fingerprint density at radius 2 is 2.00 bits per heavy atom. The van der Waals surface area contributed by atoms with Crippen molar-refractivity contribution in [2.75, 3.05) is 0 Å². The molecule has 1 N–H and O–H groups in total. The summed E-state index contributed by atoms with van der Waals surface area (Å²) in [6.07, 6.45) is 1.32. The summed E-state index contributed by atoms with van der Waals surface area (Å²) in [6, 6.07) is 8.06. The number of azo groups is 1. The van der Waals surface area contributed by atoms with Gasteiger partial charge in [-0.1, -0.05) is 17.3 Å². The second-order valence-corrected chi connectivity index (χ2v) is 3.64. The highest BCUT2D eigenvalue weighted by atomic mass is 16.5. The van der Waals surface area contributed by atoms with Crippen molar-refractivity contribution in [3.05, 3.63) is 47.0 Å². The minimum absolute atomic E-state index is 0.187. The van der Waals surface area contributed by atoms with Crippen molar-refractivity contribution >= 4 is 22.5 Å². The zero-order valence-corrected chi connectivity index (χ0v) is 9.48. The summed E-state index contributed by atoms with van der Waals surface area (Å²) in [6.45, 7) is 0. The first-order valence-electron chi connectivity index (χ1n) is 5.32. The predicted octanol–water partition coefficient (Wildman–Crippen LogP) is 2.90. The summed E-state index contributed by atoms with van der Waals surface area (Å²) < 4.78 is 9.60. The van der Waals surface area contributed by atoms with Gasteiger partial charge in [0.15, 0.2) is 5.75 Å². The van der Waals surface area contributed by atoms with E-state index < -0.39 is 5.63 Å². The highest BCUT2D eigenvalue weighted by molar-refractivity contribution is 5.87. The lowest BCUT2D eigenvalue weighted by Gasteiger charge is -2.00. The van der Waals surface area contributed by atoms with Crippen molar-refractivity contribution in [3.63, 3.8) is 0 Å². The van der Waals surface area contributed by atoms with Crippen molar-refractivity contribution in [3.8, 4) is 5.75 Å². The topological polar surface area (TPSA) is 101 Å². The lowest BCUT2D eigenvalue weighted by molar-refractivity contribution is 0.421. The molecule has 3 aromatic rings. The summed E-state index contributed by atoms with van der Waals surface area (Å²) in [4.78, 5) is 11.7. The Hall–Kier alpha value is -2.96. The fraction of sp³-hybridized carbons (Fsp3) is 0. The number of rotatable bonds is 2. The van der Waals surface area contributed by atoms with E-state index in [0.717, 1.165) is 0 Å². The van der Waals surface area contributed by atoms with Crippen molar-refractivity contribution in [2.45, 2.75) is 0 Å². The van der Waals surface area contributed by atoms with Gasteiger partial charge >= 0.3 is 5.63 Å². The first-order valence-corrected chi connectivity index (χ1v) is 5.32. The van der Waals surface area contributed by atoms with Gasteiger partial charge in [-0.15, -0.1) is 10.2 Å². The van der Waals surface area contributed by atoms with Crippen LogP contribution < -0.4 is 5.63 Å².